The van der Waals surface area contributed by atoms with Gasteiger partial charge in [0.15, 0.2) is 5.69 Å². The Labute approximate surface area is 160 Å². The first-order chi connectivity index (χ1) is 13.5. The summed E-state index contributed by atoms with van der Waals surface area (Å²) in [7, 11) is 3.27. The second kappa shape index (κ2) is 6.99. The third kappa shape index (κ3) is 3.23. The quantitative estimate of drug-likeness (QED) is 0.511. The summed E-state index contributed by atoms with van der Waals surface area (Å²) in [5.41, 5.74) is 3.24. The van der Waals surface area contributed by atoms with Gasteiger partial charge in [-0.25, -0.2) is 4.98 Å². The number of H-pyrrole nitrogens is 1. The maximum Gasteiger partial charge on any atom is 0.276 e. The molecule has 0 unspecified atom stereocenters. The van der Waals surface area contributed by atoms with Gasteiger partial charge in [0.2, 0.25) is 0 Å². The van der Waals surface area contributed by atoms with Gasteiger partial charge >= 0.3 is 0 Å². The van der Waals surface area contributed by atoms with Crippen LogP contribution in [0.3, 0.4) is 0 Å². The van der Waals surface area contributed by atoms with Crippen LogP contribution in [0.5, 0.6) is 0 Å². The number of fused-ring (bicyclic) bond motifs is 1. The number of nitrogens with one attached hydrogen (secondary N) is 3. The van der Waals surface area contributed by atoms with Crippen molar-refractivity contribution in [1.29, 1.82) is 0 Å². The summed E-state index contributed by atoms with van der Waals surface area (Å²) in [6, 6.07) is 14.7. The lowest BCUT2D eigenvalue weighted by atomic mass is 10.1. The van der Waals surface area contributed by atoms with Gasteiger partial charge in [-0.3, -0.25) is 14.3 Å². The summed E-state index contributed by atoms with van der Waals surface area (Å²) in [5.74, 6) is -0.0235. The topological polar surface area (TPSA) is 105 Å². The van der Waals surface area contributed by atoms with Gasteiger partial charge in [0, 0.05) is 25.9 Å². The molecule has 0 saturated heterocycles. The number of hydrogen-bond acceptors (Lipinski definition) is 4. The molecule has 8 nitrogen and oxygen atoms in total. The molecule has 0 fully saturated rings. The zero-order valence-electron chi connectivity index (χ0n) is 15.4. The van der Waals surface area contributed by atoms with Crippen LogP contribution in [0.2, 0.25) is 0 Å². The van der Waals surface area contributed by atoms with Crippen LogP contribution >= 0.6 is 0 Å². The highest BCUT2D eigenvalue weighted by Crippen LogP contribution is 2.26. The number of carbonyl (C=O) groups excluding carboxylic acids is 2. The standard InChI is InChI=1S/C20H18N6O2/c1-21-19(27)13-10-16-17(23-18(22-16)12-6-4-3-5-7-12)11-15(13)24-20(28)14-8-9-26(2)25-14/h3-11H,1-2H3,(H,21,27)(H,22,23)(H,24,28). The summed E-state index contributed by atoms with van der Waals surface area (Å²) in [4.78, 5) is 32.7. The third-order valence-electron chi connectivity index (χ3n) is 4.33. The van der Waals surface area contributed by atoms with E-state index in [0.29, 0.717) is 28.1 Å². The van der Waals surface area contributed by atoms with Crippen molar-refractivity contribution in [3.63, 3.8) is 0 Å². The van der Waals surface area contributed by atoms with Crippen LogP contribution < -0.4 is 10.6 Å². The molecule has 8 heteroatoms. The summed E-state index contributed by atoms with van der Waals surface area (Å²) in [6.07, 6.45) is 1.68. The van der Waals surface area contributed by atoms with Crippen LogP contribution in [0, 0.1) is 0 Å². The largest absolute Gasteiger partial charge is 0.355 e. The van der Waals surface area contributed by atoms with Gasteiger partial charge in [-0.05, 0) is 18.2 Å². The normalized spacial score (nSPS) is 10.8. The molecule has 4 aromatic rings. The number of hydrogen-bond donors (Lipinski definition) is 3. The number of rotatable bonds is 4. The fourth-order valence-electron chi connectivity index (χ4n) is 2.94. The molecule has 0 bridgehead atoms. The fraction of sp³-hybridized carbons (Fsp3) is 0.100. The first-order valence-corrected chi connectivity index (χ1v) is 8.67. The molecule has 2 aromatic heterocycles. The van der Waals surface area contributed by atoms with Crippen LogP contribution in [-0.4, -0.2) is 38.6 Å². The monoisotopic (exact) mass is 374 g/mol. The zero-order chi connectivity index (χ0) is 19.7. The molecule has 2 aromatic carbocycles. The zero-order valence-corrected chi connectivity index (χ0v) is 15.4. The SMILES string of the molecule is CNC(=O)c1cc2[nH]c(-c3ccccc3)nc2cc1NC(=O)c1ccn(C)n1. The van der Waals surface area contributed by atoms with Gasteiger partial charge in [-0.2, -0.15) is 5.10 Å². The molecule has 2 amide bonds. The van der Waals surface area contributed by atoms with Crippen molar-refractivity contribution < 1.29 is 9.59 Å². The maximum absolute atomic E-state index is 12.5. The van der Waals surface area contributed by atoms with E-state index in [-0.39, 0.29) is 11.6 Å². The third-order valence-corrected chi connectivity index (χ3v) is 4.33. The summed E-state index contributed by atoms with van der Waals surface area (Å²) in [5, 5.41) is 9.45. The summed E-state index contributed by atoms with van der Waals surface area (Å²) < 4.78 is 1.54. The average Bonchev–Trinajstić information content (AvgIpc) is 3.33. The molecular weight excluding hydrogens is 356 g/mol. The average molecular weight is 374 g/mol. The smallest absolute Gasteiger partial charge is 0.276 e. The van der Waals surface area contributed by atoms with E-state index in [1.807, 2.05) is 30.3 Å². The van der Waals surface area contributed by atoms with E-state index in [1.54, 1.807) is 38.5 Å². The predicted octanol–water partition coefficient (Wildman–Crippen LogP) is 2.58. The molecule has 0 spiro atoms. The van der Waals surface area contributed by atoms with Crippen molar-refractivity contribution in [2.75, 3.05) is 12.4 Å². The van der Waals surface area contributed by atoms with Gasteiger partial charge in [-0.1, -0.05) is 30.3 Å². The van der Waals surface area contributed by atoms with Crippen LogP contribution in [0.1, 0.15) is 20.8 Å². The predicted molar refractivity (Wildman–Crippen MR) is 106 cm³/mol. The molecule has 2 heterocycles. The number of imidazole rings is 1. The lowest BCUT2D eigenvalue weighted by Gasteiger charge is -2.09. The Bertz CT molecular complexity index is 1180. The van der Waals surface area contributed by atoms with E-state index in [9.17, 15) is 9.59 Å². The lowest BCUT2D eigenvalue weighted by molar-refractivity contribution is 0.0964. The number of amides is 2. The molecule has 0 aliphatic rings. The molecule has 0 saturated carbocycles. The molecule has 4 rings (SSSR count). The van der Waals surface area contributed by atoms with Crippen LogP contribution in [0.15, 0.2) is 54.7 Å². The molecule has 3 N–H and O–H groups in total. The van der Waals surface area contributed by atoms with Crippen molar-refractivity contribution in [2.45, 2.75) is 0 Å². The molecular formula is C20H18N6O2. The second-order valence-corrected chi connectivity index (χ2v) is 6.27. The van der Waals surface area contributed by atoms with Gasteiger partial charge in [0.25, 0.3) is 11.8 Å². The van der Waals surface area contributed by atoms with E-state index in [1.165, 1.54) is 4.68 Å². The molecule has 0 aliphatic heterocycles. The number of aryl methyl sites for hydroxylation is 1. The lowest BCUT2D eigenvalue weighted by Crippen LogP contribution is -2.21. The van der Waals surface area contributed by atoms with E-state index in [4.69, 9.17) is 0 Å². The Kier molecular flexibility index (Phi) is 4.36. The fourth-order valence-corrected chi connectivity index (χ4v) is 2.94. The first kappa shape index (κ1) is 17.5. The van der Waals surface area contributed by atoms with E-state index < -0.39 is 5.91 Å². The van der Waals surface area contributed by atoms with Gasteiger partial charge < -0.3 is 15.6 Å². The van der Waals surface area contributed by atoms with Gasteiger partial charge in [-0.15, -0.1) is 0 Å². The van der Waals surface area contributed by atoms with Crippen molar-refractivity contribution in [1.82, 2.24) is 25.1 Å². The van der Waals surface area contributed by atoms with Crippen molar-refractivity contribution in [3.8, 4) is 11.4 Å². The number of aromatic nitrogens is 4. The summed E-state index contributed by atoms with van der Waals surface area (Å²) >= 11 is 0. The van der Waals surface area contributed by atoms with E-state index in [0.717, 1.165) is 5.56 Å². The Morgan fingerprint density at radius 2 is 1.86 bits per heavy atom. The van der Waals surface area contributed by atoms with E-state index in [2.05, 4.69) is 25.7 Å². The summed E-state index contributed by atoms with van der Waals surface area (Å²) in [6.45, 7) is 0. The number of anilines is 1. The first-order valence-electron chi connectivity index (χ1n) is 8.67. The Hall–Kier alpha value is -3.94. The molecule has 0 radical (unpaired) electrons. The number of benzene rings is 2. The Balaban J connectivity index is 1.77. The maximum atomic E-state index is 12.5. The number of nitrogens with zero attached hydrogens (tertiary/aromatic N) is 3. The van der Waals surface area contributed by atoms with Gasteiger partial charge in [0.05, 0.1) is 22.3 Å². The number of carbonyl (C=O) groups is 2. The van der Waals surface area contributed by atoms with Crippen LogP contribution in [-0.2, 0) is 7.05 Å². The highest BCUT2D eigenvalue weighted by molar-refractivity contribution is 6.10. The van der Waals surface area contributed by atoms with Crippen molar-refractivity contribution >= 4 is 28.5 Å². The second-order valence-electron chi connectivity index (χ2n) is 6.27. The highest BCUT2D eigenvalue weighted by atomic mass is 16.2. The molecule has 0 atom stereocenters. The Morgan fingerprint density at radius 3 is 2.54 bits per heavy atom. The number of aromatic amines is 1. The minimum absolute atomic E-state index is 0.262. The van der Waals surface area contributed by atoms with Crippen LogP contribution in [0.4, 0.5) is 5.69 Å². The van der Waals surface area contributed by atoms with Crippen LogP contribution in [0.25, 0.3) is 22.4 Å². The molecule has 140 valence electrons. The highest BCUT2D eigenvalue weighted by Gasteiger charge is 2.18. The molecule has 28 heavy (non-hydrogen) atoms. The van der Waals surface area contributed by atoms with Crippen molar-refractivity contribution in [3.05, 3.63) is 66.0 Å². The minimum Gasteiger partial charge on any atom is -0.355 e. The van der Waals surface area contributed by atoms with Gasteiger partial charge in [0.1, 0.15) is 5.82 Å². The van der Waals surface area contributed by atoms with Crippen molar-refractivity contribution in [2.24, 2.45) is 7.05 Å². The molecule has 0 aliphatic carbocycles. The Morgan fingerprint density at radius 1 is 1.07 bits per heavy atom. The minimum atomic E-state index is -0.399. The van der Waals surface area contributed by atoms with E-state index >= 15 is 0 Å².